The molecule has 0 unspecified atom stereocenters. The molecule has 1 heterocycles. The van der Waals surface area contributed by atoms with E-state index in [1.165, 1.54) is 0 Å². The van der Waals surface area contributed by atoms with Crippen LogP contribution in [0.5, 0.6) is 5.88 Å². The zero-order valence-corrected chi connectivity index (χ0v) is 9.92. The maximum absolute atomic E-state index is 9.01. The maximum Gasteiger partial charge on any atom is 0.217 e. The van der Waals surface area contributed by atoms with Gasteiger partial charge in [0, 0.05) is 16.2 Å². The van der Waals surface area contributed by atoms with Crippen LogP contribution in [-0.2, 0) is 5.41 Å². The summed E-state index contributed by atoms with van der Waals surface area (Å²) in [5.74, 6) is 0.500. The van der Waals surface area contributed by atoms with Crippen molar-refractivity contribution in [3.05, 3.63) is 22.3 Å². The topological polar surface area (TPSA) is 45.9 Å². The second kappa shape index (κ2) is 3.97. The molecule has 0 amide bonds. The van der Waals surface area contributed by atoms with E-state index in [-0.39, 0.29) is 0 Å². The van der Waals surface area contributed by atoms with E-state index in [4.69, 9.17) is 10.00 Å². The van der Waals surface area contributed by atoms with Gasteiger partial charge in [-0.2, -0.15) is 5.26 Å². The molecule has 0 saturated carbocycles. The van der Waals surface area contributed by atoms with Crippen LogP contribution >= 0.6 is 15.9 Å². The van der Waals surface area contributed by atoms with Crippen molar-refractivity contribution in [3.8, 4) is 11.9 Å². The molecule has 3 nitrogen and oxygen atoms in total. The summed E-state index contributed by atoms with van der Waals surface area (Å²) in [6, 6.07) is 4.07. The Morgan fingerprint density at radius 2 is 2.21 bits per heavy atom. The highest BCUT2D eigenvalue weighted by Crippen LogP contribution is 2.31. The zero-order chi connectivity index (χ0) is 10.8. The van der Waals surface area contributed by atoms with E-state index >= 15 is 0 Å². The lowest BCUT2D eigenvalue weighted by molar-refractivity contribution is 0.385. The monoisotopic (exact) mass is 254 g/mol. The molecule has 1 aromatic rings. The van der Waals surface area contributed by atoms with Crippen LogP contribution in [0.1, 0.15) is 19.4 Å². The number of pyridine rings is 1. The summed E-state index contributed by atoms with van der Waals surface area (Å²) in [6.45, 7) is 3.66. The molecule has 1 rings (SSSR count). The Labute approximate surface area is 91.8 Å². The van der Waals surface area contributed by atoms with E-state index < -0.39 is 5.41 Å². The normalized spacial score (nSPS) is 10.8. The number of nitriles is 1. The van der Waals surface area contributed by atoms with Crippen molar-refractivity contribution in [1.29, 1.82) is 5.26 Å². The number of rotatable bonds is 2. The first-order chi connectivity index (χ1) is 6.51. The second-order valence-corrected chi connectivity index (χ2v) is 4.36. The summed E-state index contributed by atoms with van der Waals surface area (Å²) in [5, 5.41) is 9.01. The fraction of sp³-hybridized carbons (Fsp3) is 0.400. The summed E-state index contributed by atoms with van der Waals surface area (Å²) in [7, 11) is 1.55. The largest absolute Gasteiger partial charge is 0.481 e. The van der Waals surface area contributed by atoms with E-state index in [9.17, 15) is 0 Å². The van der Waals surface area contributed by atoms with Gasteiger partial charge in [0.25, 0.3) is 0 Å². The first-order valence-corrected chi connectivity index (χ1v) is 4.92. The SMILES string of the molecule is COc1ncc(Br)cc1C(C)(C)C#N. The number of halogens is 1. The van der Waals surface area contributed by atoms with Crippen LogP contribution in [0.2, 0.25) is 0 Å². The number of hydrogen-bond donors (Lipinski definition) is 0. The van der Waals surface area contributed by atoms with Crippen molar-refractivity contribution in [1.82, 2.24) is 4.98 Å². The molecule has 0 aromatic carbocycles. The van der Waals surface area contributed by atoms with Crippen molar-refractivity contribution < 1.29 is 4.74 Å². The number of hydrogen-bond acceptors (Lipinski definition) is 3. The molecule has 0 aliphatic carbocycles. The van der Waals surface area contributed by atoms with Gasteiger partial charge in [-0.1, -0.05) is 0 Å². The smallest absolute Gasteiger partial charge is 0.217 e. The lowest BCUT2D eigenvalue weighted by atomic mass is 9.87. The first-order valence-electron chi connectivity index (χ1n) is 4.12. The molecule has 4 heteroatoms. The standard InChI is InChI=1S/C10H11BrN2O/c1-10(2,6-12)8-4-7(11)5-13-9(8)14-3/h4-5H,1-3H3. The van der Waals surface area contributed by atoms with Gasteiger partial charge in [-0.25, -0.2) is 4.98 Å². The third-order valence-electron chi connectivity index (χ3n) is 1.96. The molecule has 0 radical (unpaired) electrons. The maximum atomic E-state index is 9.01. The molecule has 0 bridgehead atoms. The average Bonchev–Trinajstić information content (AvgIpc) is 2.18. The summed E-state index contributed by atoms with van der Waals surface area (Å²) in [6.07, 6.45) is 1.65. The van der Waals surface area contributed by atoms with Crippen molar-refractivity contribution in [2.24, 2.45) is 0 Å². The summed E-state index contributed by atoms with van der Waals surface area (Å²) in [5.41, 5.74) is 0.194. The van der Waals surface area contributed by atoms with Crippen molar-refractivity contribution >= 4 is 15.9 Å². The lowest BCUT2D eigenvalue weighted by Gasteiger charge is -2.18. The Bertz CT molecular complexity index is 382. The number of aromatic nitrogens is 1. The van der Waals surface area contributed by atoms with Crippen LogP contribution in [0, 0.1) is 11.3 Å². The molecule has 0 atom stereocenters. The fourth-order valence-electron chi connectivity index (χ4n) is 1.10. The molecule has 1 aromatic heterocycles. The minimum atomic E-state index is -0.595. The van der Waals surface area contributed by atoms with E-state index in [0.29, 0.717) is 5.88 Å². The molecule has 74 valence electrons. The third kappa shape index (κ3) is 2.05. The van der Waals surface area contributed by atoms with Gasteiger partial charge in [0.15, 0.2) is 0 Å². The van der Waals surface area contributed by atoms with Gasteiger partial charge in [0.1, 0.15) is 0 Å². The average molecular weight is 255 g/mol. The Hall–Kier alpha value is -1.08. The van der Waals surface area contributed by atoms with Crippen molar-refractivity contribution in [2.75, 3.05) is 7.11 Å². The quantitative estimate of drug-likeness (QED) is 0.816. The molecular formula is C10H11BrN2O. The van der Waals surface area contributed by atoms with Gasteiger partial charge in [-0.3, -0.25) is 0 Å². The van der Waals surface area contributed by atoms with Gasteiger partial charge >= 0.3 is 0 Å². The predicted octanol–water partition coefficient (Wildman–Crippen LogP) is 2.65. The van der Waals surface area contributed by atoms with Crippen LogP contribution in [0.25, 0.3) is 0 Å². The van der Waals surface area contributed by atoms with Crippen LogP contribution < -0.4 is 4.74 Å². The highest BCUT2D eigenvalue weighted by Gasteiger charge is 2.25. The first kappa shape index (κ1) is 11.0. The van der Waals surface area contributed by atoms with Gasteiger partial charge < -0.3 is 4.74 Å². The van der Waals surface area contributed by atoms with E-state index in [1.54, 1.807) is 13.3 Å². The zero-order valence-electron chi connectivity index (χ0n) is 8.34. The number of methoxy groups -OCH3 is 1. The summed E-state index contributed by atoms with van der Waals surface area (Å²) >= 11 is 3.32. The minimum Gasteiger partial charge on any atom is -0.481 e. The van der Waals surface area contributed by atoms with Gasteiger partial charge in [-0.15, -0.1) is 0 Å². The van der Waals surface area contributed by atoms with Crippen LogP contribution in [0.15, 0.2) is 16.7 Å². The van der Waals surface area contributed by atoms with Crippen LogP contribution in [0.4, 0.5) is 0 Å². The third-order valence-corrected chi connectivity index (χ3v) is 2.40. The predicted molar refractivity (Wildman–Crippen MR) is 57.1 cm³/mol. The second-order valence-electron chi connectivity index (χ2n) is 3.45. The molecule has 0 saturated heterocycles. The van der Waals surface area contributed by atoms with Gasteiger partial charge in [0.2, 0.25) is 5.88 Å². The lowest BCUT2D eigenvalue weighted by Crippen LogP contribution is -2.16. The highest BCUT2D eigenvalue weighted by atomic mass is 79.9. The van der Waals surface area contributed by atoms with E-state index in [0.717, 1.165) is 10.0 Å². The van der Waals surface area contributed by atoms with Crippen molar-refractivity contribution in [2.45, 2.75) is 19.3 Å². The molecule has 0 aliphatic rings. The highest BCUT2D eigenvalue weighted by molar-refractivity contribution is 9.10. The summed E-state index contributed by atoms with van der Waals surface area (Å²) < 4.78 is 5.95. The number of nitrogens with zero attached hydrogens (tertiary/aromatic N) is 2. The van der Waals surface area contributed by atoms with Crippen molar-refractivity contribution in [3.63, 3.8) is 0 Å². The molecular weight excluding hydrogens is 244 g/mol. The minimum absolute atomic E-state index is 0.500. The van der Waals surface area contributed by atoms with Gasteiger partial charge in [-0.05, 0) is 35.8 Å². The summed E-state index contributed by atoms with van der Waals surface area (Å²) in [4.78, 5) is 4.09. The van der Waals surface area contributed by atoms with E-state index in [1.807, 2.05) is 19.9 Å². The Balaban J connectivity index is 3.32. The fourth-order valence-corrected chi connectivity index (χ4v) is 1.43. The Morgan fingerprint density at radius 3 is 2.71 bits per heavy atom. The van der Waals surface area contributed by atoms with E-state index in [2.05, 4.69) is 27.0 Å². The molecule has 0 fully saturated rings. The molecule has 0 aliphatic heterocycles. The molecule has 0 spiro atoms. The van der Waals surface area contributed by atoms with Crippen LogP contribution in [-0.4, -0.2) is 12.1 Å². The molecule has 0 N–H and O–H groups in total. The molecule has 14 heavy (non-hydrogen) atoms. The Morgan fingerprint density at radius 1 is 1.57 bits per heavy atom. The Kier molecular flexibility index (Phi) is 3.12. The van der Waals surface area contributed by atoms with Crippen LogP contribution in [0.3, 0.4) is 0 Å². The van der Waals surface area contributed by atoms with Gasteiger partial charge in [0.05, 0.1) is 18.6 Å². The number of ether oxygens (including phenoxy) is 1.